The molecule has 0 aliphatic heterocycles. The SMILES string of the molecule is C[CH2][Hf]([Br])([Br])[CH2]C. The van der Waals surface area contributed by atoms with Crippen molar-refractivity contribution in [3.05, 3.63) is 0 Å². The second-order valence-electron chi connectivity index (χ2n) is 1.56. The second kappa shape index (κ2) is 3.78. The molecule has 0 aromatic heterocycles. The number of hydrogen-bond donors (Lipinski definition) is 0. The molecule has 0 saturated carbocycles. The van der Waals surface area contributed by atoms with Gasteiger partial charge in [-0.25, -0.2) is 0 Å². The molecule has 0 amide bonds. The molecule has 0 aliphatic carbocycles. The average molecular weight is 396 g/mol. The van der Waals surface area contributed by atoms with Crippen LogP contribution in [0.1, 0.15) is 13.8 Å². The van der Waals surface area contributed by atoms with Crippen LogP contribution in [0.3, 0.4) is 0 Å². The van der Waals surface area contributed by atoms with Gasteiger partial charge in [0, 0.05) is 0 Å². The van der Waals surface area contributed by atoms with Crippen LogP contribution >= 0.6 is 24.6 Å². The summed E-state index contributed by atoms with van der Waals surface area (Å²) in [6.07, 6.45) is 0. The Bertz CT molecular complexity index is 47.7. The van der Waals surface area contributed by atoms with E-state index in [0.717, 1.165) is 0 Å². The van der Waals surface area contributed by atoms with Gasteiger partial charge in [0.2, 0.25) is 0 Å². The van der Waals surface area contributed by atoms with Crippen molar-refractivity contribution in [2.24, 2.45) is 0 Å². The first kappa shape index (κ1) is 8.83. The molecular formula is C4H10Br2Hf. The van der Waals surface area contributed by atoms with Crippen molar-refractivity contribution in [2.45, 2.75) is 22.2 Å². The van der Waals surface area contributed by atoms with E-state index < -0.39 is 15.3 Å². The first-order chi connectivity index (χ1) is 3.12. The van der Waals surface area contributed by atoms with Crippen molar-refractivity contribution in [3.8, 4) is 0 Å². The topological polar surface area (TPSA) is 0 Å². The van der Waals surface area contributed by atoms with E-state index in [1.807, 2.05) is 0 Å². The van der Waals surface area contributed by atoms with Crippen molar-refractivity contribution < 1.29 is 15.3 Å². The fourth-order valence-corrected chi connectivity index (χ4v) is 2.05. The first-order valence-electron chi connectivity index (χ1n) is 2.50. The Hall–Kier alpha value is 1.83. The second-order valence-corrected chi connectivity index (χ2v) is 46.4. The van der Waals surface area contributed by atoms with E-state index in [-0.39, 0.29) is 0 Å². The van der Waals surface area contributed by atoms with Crippen LogP contribution < -0.4 is 0 Å². The van der Waals surface area contributed by atoms with Gasteiger partial charge < -0.3 is 0 Å². The van der Waals surface area contributed by atoms with Crippen molar-refractivity contribution in [1.29, 1.82) is 0 Å². The molecule has 0 bridgehead atoms. The van der Waals surface area contributed by atoms with E-state index in [0.29, 0.717) is 0 Å². The van der Waals surface area contributed by atoms with E-state index in [1.165, 1.54) is 8.35 Å². The monoisotopic (exact) mass is 396 g/mol. The minimum absolute atomic E-state index is 1.35. The van der Waals surface area contributed by atoms with Gasteiger partial charge in [0.05, 0.1) is 0 Å². The van der Waals surface area contributed by atoms with E-state index >= 15 is 0 Å². The molecule has 0 unspecified atom stereocenters. The van der Waals surface area contributed by atoms with Gasteiger partial charge in [0.15, 0.2) is 0 Å². The Morgan fingerprint density at radius 3 is 1.43 bits per heavy atom. The molecule has 44 valence electrons. The summed E-state index contributed by atoms with van der Waals surface area (Å²) in [7, 11) is 0. The third kappa shape index (κ3) is 4.34. The van der Waals surface area contributed by atoms with Gasteiger partial charge in [-0.3, -0.25) is 0 Å². The molecule has 0 N–H and O–H groups in total. The summed E-state index contributed by atoms with van der Waals surface area (Å²) in [5.41, 5.74) is 0. The zero-order valence-electron chi connectivity index (χ0n) is 4.67. The molecule has 0 atom stereocenters. The van der Waals surface area contributed by atoms with Gasteiger partial charge in [-0.1, -0.05) is 0 Å². The van der Waals surface area contributed by atoms with Crippen LogP contribution in [0.15, 0.2) is 0 Å². The van der Waals surface area contributed by atoms with Crippen LogP contribution in [0.5, 0.6) is 0 Å². The number of hydrogen-bond acceptors (Lipinski definition) is 0. The average Bonchev–Trinajstić information content (AvgIpc) is 1.68. The molecule has 0 aliphatic rings. The Morgan fingerprint density at radius 2 is 1.43 bits per heavy atom. The molecule has 0 aromatic rings. The molecule has 0 radical (unpaired) electrons. The molecule has 0 aromatic carbocycles. The van der Waals surface area contributed by atoms with Crippen LogP contribution in [-0.4, -0.2) is 0 Å². The maximum absolute atomic E-state index is 3.72. The molecule has 0 saturated heterocycles. The van der Waals surface area contributed by atoms with Crippen molar-refractivity contribution in [2.75, 3.05) is 0 Å². The zero-order valence-corrected chi connectivity index (χ0v) is 11.4. The molecule has 0 spiro atoms. The number of halogens is 2. The van der Waals surface area contributed by atoms with Gasteiger partial charge >= 0.3 is 62.1 Å². The van der Waals surface area contributed by atoms with Crippen LogP contribution in [0.4, 0.5) is 0 Å². The summed E-state index contributed by atoms with van der Waals surface area (Å²) in [5.74, 6) is 0. The standard InChI is InChI=1S/2C2H5.2BrH.Hf/c2*1-2;;;/h2*1H2,2H3;2*1H;/q;;;;+2/p-2. The summed E-state index contributed by atoms with van der Waals surface area (Å²) in [5, 5.41) is 0. The van der Waals surface area contributed by atoms with Crippen molar-refractivity contribution in [3.63, 3.8) is 0 Å². The fourth-order valence-electron chi connectivity index (χ4n) is 0.250. The predicted octanol–water partition coefficient (Wildman–Crippen LogP) is 3.64. The Kier molecular flexibility index (Phi) is 4.77. The predicted molar refractivity (Wildman–Crippen MR) is 38.8 cm³/mol. The summed E-state index contributed by atoms with van der Waals surface area (Å²) < 4.78 is 2.70. The van der Waals surface area contributed by atoms with Crippen molar-refractivity contribution in [1.82, 2.24) is 0 Å². The maximum atomic E-state index is 3.72. The van der Waals surface area contributed by atoms with Crippen LogP contribution in [0, 0.1) is 0 Å². The summed E-state index contributed by atoms with van der Waals surface area (Å²) in [6, 6.07) is 0. The van der Waals surface area contributed by atoms with E-state index in [2.05, 4.69) is 38.4 Å². The fraction of sp³-hybridized carbons (Fsp3) is 1.00. The van der Waals surface area contributed by atoms with Gasteiger partial charge in [-0.05, 0) is 0 Å². The number of rotatable bonds is 2. The Balaban J connectivity index is 3.36. The molecule has 0 nitrogen and oxygen atoms in total. The minimum atomic E-state index is -1.77. The van der Waals surface area contributed by atoms with Gasteiger partial charge in [-0.2, -0.15) is 0 Å². The normalized spacial score (nSPS) is 12.0. The van der Waals surface area contributed by atoms with Crippen molar-refractivity contribution >= 4 is 24.6 Å². The van der Waals surface area contributed by atoms with Crippen LogP contribution in [0.25, 0.3) is 0 Å². The Morgan fingerprint density at radius 1 is 1.14 bits per heavy atom. The molecule has 7 heavy (non-hydrogen) atoms. The van der Waals surface area contributed by atoms with Crippen LogP contribution in [-0.2, 0) is 15.3 Å². The van der Waals surface area contributed by atoms with E-state index in [1.54, 1.807) is 0 Å². The van der Waals surface area contributed by atoms with Crippen LogP contribution in [0.2, 0.25) is 8.35 Å². The van der Waals surface area contributed by atoms with E-state index in [9.17, 15) is 0 Å². The molecule has 0 rings (SSSR count). The zero-order chi connectivity index (χ0) is 5.91. The third-order valence-electron chi connectivity index (χ3n) is 1.03. The summed E-state index contributed by atoms with van der Waals surface area (Å²) >= 11 is 5.67. The quantitative estimate of drug-likeness (QED) is 0.626. The van der Waals surface area contributed by atoms with Gasteiger partial charge in [0.1, 0.15) is 0 Å². The molecule has 3 heteroatoms. The molecule has 0 heterocycles. The van der Waals surface area contributed by atoms with Gasteiger partial charge in [0.25, 0.3) is 0 Å². The first-order valence-corrected chi connectivity index (χ1v) is 23.3. The summed E-state index contributed by atoms with van der Waals surface area (Å²) in [4.78, 5) is 0. The Labute approximate surface area is 61.4 Å². The molecule has 0 fully saturated rings. The molecular weight excluding hydrogens is 386 g/mol. The van der Waals surface area contributed by atoms with E-state index in [4.69, 9.17) is 0 Å². The van der Waals surface area contributed by atoms with Gasteiger partial charge in [-0.15, -0.1) is 0 Å². The summed E-state index contributed by atoms with van der Waals surface area (Å²) in [6.45, 7) is 4.49. The third-order valence-corrected chi connectivity index (χ3v) is 26.8.